The number of benzene rings is 5. The first-order chi connectivity index (χ1) is 29.2. The van der Waals surface area contributed by atoms with E-state index in [9.17, 15) is 0 Å². The minimum Gasteiger partial charge on any atom is -0.501 e. The molecule has 0 unspecified atom stereocenters. The molecule has 0 aliphatic heterocycles. The van der Waals surface area contributed by atoms with Crippen LogP contribution < -0.4 is 5.19 Å². The first-order valence-electron chi connectivity index (χ1n) is 21.3. The molecule has 1 radical (unpaired) electrons. The number of furan rings is 1. The van der Waals surface area contributed by atoms with Gasteiger partial charge in [-0.3, -0.25) is 4.98 Å². The smallest absolute Gasteiger partial charge is 0.210 e. The van der Waals surface area contributed by atoms with Crippen molar-refractivity contribution in [1.29, 1.82) is 0 Å². The number of hydrogen-bond acceptors (Lipinski definition) is 6. The molecule has 317 valence electrons. The molecular weight excluding hydrogens is 957 g/mol. The Balaban J connectivity index is 0.000000223. The average Bonchev–Trinajstić information content (AvgIpc) is 3.82. The van der Waals surface area contributed by atoms with Gasteiger partial charge in [0.15, 0.2) is 5.65 Å². The summed E-state index contributed by atoms with van der Waals surface area (Å²) >= 11 is 0. The van der Waals surface area contributed by atoms with Crippen molar-refractivity contribution in [2.24, 2.45) is 5.41 Å². The second kappa shape index (κ2) is 18.0. The van der Waals surface area contributed by atoms with Gasteiger partial charge in [-0.15, -0.1) is 64.3 Å². The van der Waals surface area contributed by atoms with Crippen LogP contribution in [0.1, 0.15) is 77.0 Å². The Kier molecular flexibility index (Phi) is 12.9. The van der Waals surface area contributed by atoms with E-state index >= 15 is 0 Å². The first-order valence-corrected chi connectivity index (χ1v) is 24.8. The van der Waals surface area contributed by atoms with Gasteiger partial charge in [0, 0.05) is 37.4 Å². The van der Waals surface area contributed by atoms with Crippen LogP contribution in [0.5, 0.6) is 0 Å². The van der Waals surface area contributed by atoms with E-state index in [-0.39, 0.29) is 37.4 Å². The maximum Gasteiger partial charge on any atom is 0.210 e. The van der Waals surface area contributed by atoms with Crippen LogP contribution in [0.3, 0.4) is 0 Å². The van der Waals surface area contributed by atoms with Gasteiger partial charge in [0.25, 0.3) is 0 Å². The van der Waals surface area contributed by atoms with Gasteiger partial charge in [-0.2, -0.15) is 0 Å². The fourth-order valence-electron chi connectivity index (χ4n) is 8.19. The second-order valence-electron chi connectivity index (χ2n) is 18.7. The maximum absolute atomic E-state index is 6.42. The zero-order valence-corrected chi connectivity index (χ0v) is 40.7. The number of pyridine rings is 1. The van der Waals surface area contributed by atoms with Gasteiger partial charge in [0.1, 0.15) is 11.9 Å². The molecule has 62 heavy (non-hydrogen) atoms. The van der Waals surface area contributed by atoms with Gasteiger partial charge in [-0.1, -0.05) is 139 Å². The first kappa shape index (κ1) is 44.5. The van der Waals surface area contributed by atoms with Crippen LogP contribution >= 0.6 is 0 Å². The monoisotopic (exact) mass is 1010 g/mol. The second-order valence-corrected chi connectivity index (χ2v) is 23.8. The van der Waals surface area contributed by atoms with Gasteiger partial charge in [0.05, 0.1) is 19.5 Å². The van der Waals surface area contributed by atoms with Crippen molar-refractivity contribution in [3.8, 4) is 39.5 Å². The summed E-state index contributed by atoms with van der Waals surface area (Å²) < 4.78 is 8.56. The van der Waals surface area contributed by atoms with Crippen molar-refractivity contribution >= 4 is 46.5 Å². The molecule has 9 heteroatoms. The van der Waals surface area contributed by atoms with Crippen LogP contribution in [0.4, 0.5) is 0 Å². The van der Waals surface area contributed by atoms with Crippen molar-refractivity contribution in [2.45, 2.75) is 86.4 Å². The van der Waals surface area contributed by atoms with Gasteiger partial charge in [-0.05, 0) is 75.0 Å². The van der Waals surface area contributed by atoms with Crippen LogP contribution in [-0.2, 0) is 26.5 Å². The number of rotatable bonds is 8. The molecule has 0 fully saturated rings. The number of imidazole rings is 1. The van der Waals surface area contributed by atoms with Gasteiger partial charge < -0.3 is 14.0 Å². The van der Waals surface area contributed by atoms with Crippen molar-refractivity contribution in [3.63, 3.8) is 0 Å². The number of fused-ring (bicyclic) bond motifs is 4. The van der Waals surface area contributed by atoms with E-state index in [1.807, 2.05) is 48.5 Å². The molecule has 0 saturated carbocycles. The number of para-hydroxylation sites is 1. The van der Waals surface area contributed by atoms with E-state index in [0.29, 0.717) is 17.1 Å². The largest absolute Gasteiger partial charge is 0.501 e. The molecule has 0 bridgehead atoms. The molecule has 5 aromatic carbocycles. The van der Waals surface area contributed by atoms with Crippen LogP contribution in [0.25, 0.3) is 72.7 Å². The zero-order valence-electron chi connectivity index (χ0n) is 37.3. The molecule has 4 aromatic heterocycles. The van der Waals surface area contributed by atoms with E-state index in [0.717, 1.165) is 50.9 Å². The molecule has 0 amide bonds. The Morgan fingerprint density at radius 1 is 0.742 bits per heavy atom. The van der Waals surface area contributed by atoms with Crippen LogP contribution in [0.2, 0.25) is 19.6 Å². The van der Waals surface area contributed by atoms with Crippen LogP contribution in [-0.4, -0.2) is 37.8 Å². The predicted octanol–water partition coefficient (Wildman–Crippen LogP) is 13.2. The molecule has 9 rings (SSSR count). The van der Waals surface area contributed by atoms with Gasteiger partial charge in [0.2, 0.25) is 5.65 Å². The van der Waals surface area contributed by atoms with Crippen molar-refractivity contribution in [1.82, 2.24) is 29.7 Å². The van der Waals surface area contributed by atoms with E-state index in [1.54, 1.807) is 0 Å². The summed E-state index contributed by atoms with van der Waals surface area (Å²) in [6.45, 7) is 23.0. The molecule has 0 aliphatic carbocycles. The zero-order chi connectivity index (χ0) is 43.1. The van der Waals surface area contributed by atoms with Crippen molar-refractivity contribution in [2.75, 3.05) is 0 Å². The fraction of sp³-hybridized carbons (Fsp3) is 0.264. The van der Waals surface area contributed by atoms with E-state index < -0.39 is 8.07 Å². The molecule has 0 saturated heterocycles. The summed E-state index contributed by atoms with van der Waals surface area (Å²) in [5.41, 5.74) is 13.2. The third-order valence-electron chi connectivity index (χ3n) is 11.0. The fourth-order valence-corrected chi connectivity index (χ4v) is 9.76. The Labute approximate surface area is 380 Å². The van der Waals surface area contributed by atoms with Crippen molar-refractivity contribution < 1.29 is 24.5 Å². The third-order valence-corrected chi connectivity index (χ3v) is 13.1. The molecule has 0 spiro atoms. The molecule has 4 heterocycles. The quantitative estimate of drug-likeness (QED) is 0.111. The SMILES string of the molecule is CC(C)(C)Cc1cc(-c2[c-]cccc2)ncc1[Si](C)(C)C.CC(C)c1cc(-c2ccccc2)cc(C(C)C)c1-n1c(-c2[c-]ccc3c2oc2ccccc23)nc2nncnc21.[Ir]. The summed E-state index contributed by atoms with van der Waals surface area (Å²) in [7, 11) is -1.37. The summed E-state index contributed by atoms with van der Waals surface area (Å²) in [5.74, 6) is 1.16. The van der Waals surface area contributed by atoms with Crippen molar-refractivity contribution in [3.05, 3.63) is 151 Å². The molecule has 7 nitrogen and oxygen atoms in total. The Hall–Kier alpha value is -5.60. The molecular formula is C53H54IrN6OSi-2. The number of aromatic nitrogens is 6. The Morgan fingerprint density at radius 3 is 2.10 bits per heavy atom. The summed E-state index contributed by atoms with van der Waals surface area (Å²) in [5, 5.41) is 12.0. The summed E-state index contributed by atoms with van der Waals surface area (Å²) in [4.78, 5) is 14.4. The molecule has 9 aromatic rings. The Morgan fingerprint density at radius 2 is 1.44 bits per heavy atom. The maximum atomic E-state index is 6.42. The third kappa shape index (κ3) is 9.12. The van der Waals surface area contributed by atoms with Gasteiger partial charge in [-0.25, -0.2) is 4.98 Å². The normalized spacial score (nSPS) is 11.9. The minimum absolute atomic E-state index is 0. The average molecular weight is 1010 g/mol. The van der Waals surface area contributed by atoms with E-state index in [1.165, 1.54) is 39.3 Å². The van der Waals surface area contributed by atoms with Gasteiger partial charge >= 0.3 is 0 Å². The van der Waals surface area contributed by atoms with Crippen LogP contribution in [0, 0.1) is 17.5 Å². The molecule has 0 atom stereocenters. The number of hydrogen-bond donors (Lipinski definition) is 0. The number of nitrogens with zero attached hydrogens (tertiary/aromatic N) is 6. The topological polar surface area (TPSA) is 82.5 Å². The predicted molar refractivity (Wildman–Crippen MR) is 254 cm³/mol. The summed E-state index contributed by atoms with van der Waals surface area (Å²) in [6, 6.07) is 44.3. The molecule has 0 aliphatic rings. The minimum atomic E-state index is -1.37. The van der Waals surface area contributed by atoms with E-state index in [4.69, 9.17) is 19.4 Å². The van der Waals surface area contributed by atoms with Crippen LogP contribution in [0.15, 0.2) is 126 Å². The molecule has 0 N–H and O–H groups in total. The standard InChI is InChI=1S/C34H28N5O.C19H26NSi.Ir/c1-20(2)27-17-23(22-11-6-5-7-12-22)18-28(21(3)4)30(27)39-33(37-32-34(39)35-19-36-38-32)26-15-10-14-25-24-13-8-9-16-29(24)40-31(25)26;1-19(2,3)13-16-12-17(15-10-8-7-9-11-15)20-14-18(16)21(4,5)6;/h5-14,16-21H,1-4H3;7-10,12,14H,13H2,1-6H3;/q2*-1;. The van der Waals surface area contributed by atoms with E-state index in [2.05, 4.69) is 162 Å². The Bertz CT molecular complexity index is 2950. The summed E-state index contributed by atoms with van der Waals surface area (Å²) in [6.07, 6.45) is 4.69.